The van der Waals surface area contributed by atoms with Gasteiger partial charge in [0.25, 0.3) is 0 Å². The number of hydrogen-bond donors (Lipinski definition) is 1. The molecule has 19 heavy (non-hydrogen) atoms. The first-order valence-electron chi connectivity index (χ1n) is 6.38. The Bertz CT molecular complexity index is 494. The number of nitrogens with one attached hydrogen (secondary N) is 1. The van der Waals surface area contributed by atoms with Crippen LogP contribution in [0.15, 0.2) is 24.3 Å². The summed E-state index contributed by atoms with van der Waals surface area (Å²) in [5.74, 6) is 0.792. The van der Waals surface area contributed by atoms with Gasteiger partial charge in [-0.25, -0.2) is 8.42 Å². The molecule has 0 aliphatic carbocycles. The van der Waals surface area contributed by atoms with Crippen molar-refractivity contribution in [3.8, 4) is 5.75 Å². The highest BCUT2D eigenvalue weighted by Crippen LogP contribution is 2.24. The molecule has 2 atom stereocenters. The van der Waals surface area contributed by atoms with Crippen molar-refractivity contribution < 1.29 is 13.2 Å². The molecule has 0 spiro atoms. The second kappa shape index (κ2) is 6.39. The summed E-state index contributed by atoms with van der Waals surface area (Å²) < 4.78 is 28.9. The maximum Gasteiger partial charge on any atom is 0.151 e. The first-order valence-corrected chi connectivity index (χ1v) is 8.34. The Morgan fingerprint density at radius 1 is 1.11 bits per heavy atom. The molecule has 1 rings (SSSR count). The van der Waals surface area contributed by atoms with Crippen molar-refractivity contribution in [1.29, 1.82) is 0 Å². The molecule has 0 amide bonds. The van der Waals surface area contributed by atoms with Gasteiger partial charge in [0.15, 0.2) is 9.84 Å². The Morgan fingerprint density at radius 2 is 1.63 bits per heavy atom. The van der Waals surface area contributed by atoms with E-state index in [4.69, 9.17) is 4.74 Å². The van der Waals surface area contributed by atoms with Crippen LogP contribution in [0.5, 0.6) is 5.75 Å². The van der Waals surface area contributed by atoms with Gasteiger partial charge in [-0.2, -0.15) is 0 Å². The van der Waals surface area contributed by atoms with Gasteiger partial charge in [0, 0.05) is 12.3 Å². The Labute approximate surface area is 116 Å². The van der Waals surface area contributed by atoms with Crippen molar-refractivity contribution in [3.05, 3.63) is 29.8 Å². The Hall–Kier alpha value is -1.07. The lowest BCUT2D eigenvalue weighted by Gasteiger charge is -2.23. The largest absolute Gasteiger partial charge is 0.491 e. The highest BCUT2D eigenvalue weighted by atomic mass is 32.2. The van der Waals surface area contributed by atoms with Crippen LogP contribution in [-0.4, -0.2) is 33.1 Å². The zero-order chi connectivity index (χ0) is 14.6. The molecule has 5 heteroatoms. The van der Waals surface area contributed by atoms with Gasteiger partial charge >= 0.3 is 0 Å². The zero-order valence-electron chi connectivity index (χ0n) is 12.2. The molecule has 0 bridgehead atoms. The number of rotatable bonds is 6. The van der Waals surface area contributed by atoms with E-state index >= 15 is 0 Å². The van der Waals surface area contributed by atoms with E-state index in [0.717, 1.165) is 11.3 Å². The van der Waals surface area contributed by atoms with Gasteiger partial charge in [0.05, 0.1) is 11.4 Å². The molecule has 0 aromatic heterocycles. The van der Waals surface area contributed by atoms with E-state index < -0.39 is 15.1 Å². The highest BCUT2D eigenvalue weighted by molar-refractivity contribution is 7.91. The van der Waals surface area contributed by atoms with Gasteiger partial charge < -0.3 is 10.1 Å². The molecule has 108 valence electrons. The summed E-state index contributed by atoms with van der Waals surface area (Å²) in [6, 6.07) is 7.33. The van der Waals surface area contributed by atoms with Gasteiger partial charge in [0.2, 0.25) is 0 Å². The molecule has 0 aliphatic rings. The van der Waals surface area contributed by atoms with Crippen LogP contribution in [0.4, 0.5) is 0 Å². The highest BCUT2D eigenvalue weighted by Gasteiger charge is 2.25. The van der Waals surface area contributed by atoms with Crippen LogP contribution in [-0.2, 0) is 9.84 Å². The molecule has 2 unspecified atom stereocenters. The average Bonchev–Trinajstić information content (AvgIpc) is 2.30. The van der Waals surface area contributed by atoms with Gasteiger partial charge in [0.1, 0.15) is 5.75 Å². The van der Waals surface area contributed by atoms with E-state index in [1.54, 1.807) is 14.0 Å². The second-order valence-electron chi connectivity index (χ2n) is 5.04. The summed E-state index contributed by atoms with van der Waals surface area (Å²) in [5, 5.41) is 2.59. The summed E-state index contributed by atoms with van der Waals surface area (Å²) in [4.78, 5) is 0. The van der Waals surface area contributed by atoms with E-state index in [1.807, 2.05) is 38.1 Å². The first kappa shape index (κ1) is 16.0. The molecule has 0 saturated heterocycles. The van der Waals surface area contributed by atoms with Gasteiger partial charge in [-0.1, -0.05) is 12.1 Å². The minimum atomic E-state index is -3.09. The molecule has 0 fully saturated rings. The third-order valence-corrected chi connectivity index (χ3v) is 4.69. The summed E-state index contributed by atoms with van der Waals surface area (Å²) in [7, 11) is -1.32. The predicted octanol–water partition coefficient (Wildman–Crippen LogP) is 2.17. The molecule has 1 N–H and O–H groups in total. The SMILES string of the molecule is CNC(c1ccc(OC(C)C)cc1)C(C)S(C)(=O)=O. The number of ether oxygens (including phenoxy) is 1. The Morgan fingerprint density at radius 3 is 2.00 bits per heavy atom. The number of sulfone groups is 1. The molecule has 0 heterocycles. The summed E-state index contributed by atoms with van der Waals surface area (Å²) in [6.45, 7) is 5.65. The van der Waals surface area contributed by atoms with Crippen molar-refractivity contribution in [3.63, 3.8) is 0 Å². The summed E-state index contributed by atoms with van der Waals surface area (Å²) in [5.41, 5.74) is 0.941. The van der Waals surface area contributed by atoms with Crippen LogP contribution in [0.3, 0.4) is 0 Å². The maximum absolute atomic E-state index is 11.7. The Kier molecular flexibility index (Phi) is 5.38. The fourth-order valence-corrected chi connectivity index (χ4v) is 2.73. The van der Waals surface area contributed by atoms with E-state index in [2.05, 4.69) is 5.32 Å². The average molecular weight is 285 g/mol. The van der Waals surface area contributed by atoms with Crippen LogP contribution in [0.2, 0.25) is 0 Å². The summed E-state index contributed by atoms with van der Waals surface area (Å²) in [6.07, 6.45) is 1.39. The lowest BCUT2D eigenvalue weighted by molar-refractivity contribution is 0.242. The number of hydrogen-bond acceptors (Lipinski definition) is 4. The normalized spacial score (nSPS) is 15.3. The summed E-state index contributed by atoms with van der Waals surface area (Å²) >= 11 is 0. The van der Waals surface area contributed by atoms with Crippen molar-refractivity contribution >= 4 is 9.84 Å². The van der Waals surface area contributed by atoms with Gasteiger partial charge in [-0.3, -0.25) is 0 Å². The van der Waals surface area contributed by atoms with Crippen LogP contribution in [0, 0.1) is 0 Å². The van der Waals surface area contributed by atoms with Crippen LogP contribution in [0.25, 0.3) is 0 Å². The molecule has 4 nitrogen and oxygen atoms in total. The quantitative estimate of drug-likeness (QED) is 0.870. The van der Waals surface area contributed by atoms with E-state index in [-0.39, 0.29) is 12.1 Å². The Balaban J connectivity index is 2.94. The van der Waals surface area contributed by atoms with Crippen molar-refractivity contribution in [1.82, 2.24) is 5.32 Å². The molecule has 0 aliphatic heterocycles. The molecule has 1 aromatic carbocycles. The van der Waals surface area contributed by atoms with E-state index in [1.165, 1.54) is 6.26 Å². The van der Waals surface area contributed by atoms with Crippen LogP contribution < -0.4 is 10.1 Å². The van der Waals surface area contributed by atoms with Crippen molar-refractivity contribution in [2.24, 2.45) is 0 Å². The number of benzene rings is 1. The molecule has 1 aromatic rings. The lowest BCUT2D eigenvalue weighted by Crippen LogP contribution is -2.32. The van der Waals surface area contributed by atoms with E-state index in [9.17, 15) is 8.42 Å². The lowest BCUT2D eigenvalue weighted by atomic mass is 10.0. The fraction of sp³-hybridized carbons (Fsp3) is 0.571. The third-order valence-electron chi connectivity index (χ3n) is 3.07. The molecular weight excluding hydrogens is 262 g/mol. The predicted molar refractivity (Wildman–Crippen MR) is 78.3 cm³/mol. The monoisotopic (exact) mass is 285 g/mol. The van der Waals surface area contributed by atoms with Gasteiger partial charge in [-0.05, 0) is 45.5 Å². The minimum absolute atomic E-state index is 0.126. The topological polar surface area (TPSA) is 55.4 Å². The van der Waals surface area contributed by atoms with E-state index in [0.29, 0.717) is 0 Å². The van der Waals surface area contributed by atoms with Crippen LogP contribution >= 0.6 is 0 Å². The molecule has 0 saturated carbocycles. The zero-order valence-corrected chi connectivity index (χ0v) is 13.0. The first-order chi connectivity index (χ1) is 8.75. The molecule has 0 radical (unpaired) electrons. The fourth-order valence-electron chi connectivity index (χ4n) is 1.95. The van der Waals surface area contributed by atoms with Gasteiger partial charge in [-0.15, -0.1) is 0 Å². The van der Waals surface area contributed by atoms with Crippen molar-refractivity contribution in [2.75, 3.05) is 13.3 Å². The second-order valence-corrected chi connectivity index (χ2v) is 7.44. The third kappa shape index (κ3) is 4.51. The maximum atomic E-state index is 11.7. The standard InChI is InChI=1S/C14H23NO3S/c1-10(2)18-13-8-6-12(7-9-13)14(15-4)11(3)19(5,16)17/h6-11,14-15H,1-5H3. The smallest absolute Gasteiger partial charge is 0.151 e. The van der Waals surface area contributed by atoms with Crippen molar-refractivity contribution in [2.45, 2.75) is 38.2 Å². The minimum Gasteiger partial charge on any atom is -0.491 e. The van der Waals surface area contributed by atoms with Crippen LogP contribution in [0.1, 0.15) is 32.4 Å². The molecular formula is C14H23NO3S.